The SMILES string of the molecule is CC1CC=C2SC(c3ccccc3)=CN2C=C1NC(=O)C1CCCN1C(=O)[C@H](NC(=O)OC(C)(C)C)c1ccccc1. The average Bonchev–Trinajstić information content (AvgIpc) is 3.59. The molecule has 3 aliphatic rings. The van der Waals surface area contributed by atoms with Crippen molar-refractivity contribution in [3.05, 3.63) is 101 Å². The zero-order chi connectivity index (χ0) is 29.9. The number of carbonyl (C=O) groups excluding carboxylic acids is 3. The number of likely N-dealkylation sites (tertiary alicyclic amines) is 1. The quantitative estimate of drug-likeness (QED) is 0.423. The first kappa shape index (κ1) is 29.5. The Hall–Kier alpha value is -3.98. The fraction of sp³-hybridized carbons (Fsp3) is 0.364. The Labute approximate surface area is 251 Å². The monoisotopic (exact) mass is 586 g/mol. The van der Waals surface area contributed by atoms with E-state index in [1.807, 2.05) is 42.6 Å². The summed E-state index contributed by atoms with van der Waals surface area (Å²) in [7, 11) is 0. The standard InChI is InChI=1S/C33H38N4O4S/c1-22-17-18-28-36(21-27(42-28)23-12-7-5-8-13-23)20-25(22)34-30(38)26-16-11-19-37(26)31(39)29(24-14-9-6-10-15-24)35-32(40)41-33(2,3)4/h5-10,12-15,18,20-22,26,29H,11,16-17,19H2,1-4H3,(H,34,38)(H,35,40)/t22?,26?,29-/m1/s1. The molecule has 1 fully saturated rings. The van der Waals surface area contributed by atoms with Gasteiger partial charge in [0, 0.05) is 35.5 Å². The van der Waals surface area contributed by atoms with Gasteiger partial charge in [-0.2, -0.15) is 0 Å². The van der Waals surface area contributed by atoms with Crippen LogP contribution in [0.5, 0.6) is 0 Å². The molecule has 5 rings (SSSR count). The predicted octanol–water partition coefficient (Wildman–Crippen LogP) is 6.13. The molecule has 0 radical (unpaired) electrons. The lowest BCUT2D eigenvalue weighted by Crippen LogP contribution is -2.50. The summed E-state index contributed by atoms with van der Waals surface area (Å²) in [6.45, 7) is 7.84. The third-order valence-corrected chi connectivity index (χ3v) is 8.53. The predicted molar refractivity (Wildman–Crippen MR) is 165 cm³/mol. The maximum Gasteiger partial charge on any atom is 0.408 e. The van der Waals surface area contributed by atoms with Crippen LogP contribution in [0.2, 0.25) is 0 Å². The summed E-state index contributed by atoms with van der Waals surface area (Å²) < 4.78 is 5.45. The zero-order valence-corrected chi connectivity index (χ0v) is 25.3. The van der Waals surface area contributed by atoms with Gasteiger partial charge in [-0.1, -0.05) is 85.4 Å². The van der Waals surface area contributed by atoms with Crippen LogP contribution >= 0.6 is 11.8 Å². The fourth-order valence-corrected chi connectivity index (χ4v) is 6.29. The summed E-state index contributed by atoms with van der Waals surface area (Å²) in [6.07, 6.45) is 7.63. The van der Waals surface area contributed by atoms with Crippen molar-refractivity contribution in [3.8, 4) is 0 Å². The van der Waals surface area contributed by atoms with E-state index in [1.165, 1.54) is 0 Å². The Morgan fingerprint density at radius 2 is 1.69 bits per heavy atom. The van der Waals surface area contributed by atoms with Crippen LogP contribution in [0.1, 0.15) is 64.1 Å². The van der Waals surface area contributed by atoms with Crippen molar-refractivity contribution in [1.82, 2.24) is 20.4 Å². The van der Waals surface area contributed by atoms with Crippen molar-refractivity contribution in [2.24, 2.45) is 5.92 Å². The number of nitrogens with one attached hydrogen (secondary N) is 2. The van der Waals surface area contributed by atoms with Crippen molar-refractivity contribution in [2.75, 3.05) is 6.54 Å². The minimum absolute atomic E-state index is 0.0951. The third-order valence-electron chi connectivity index (χ3n) is 7.39. The Morgan fingerprint density at radius 1 is 1.00 bits per heavy atom. The summed E-state index contributed by atoms with van der Waals surface area (Å²) >= 11 is 1.72. The number of alkyl carbamates (subject to hydrolysis) is 1. The number of carbonyl (C=O) groups is 3. The minimum Gasteiger partial charge on any atom is -0.444 e. The molecule has 8 nitrogen and oxygen atoms in total. The van der Waals surface area contributed by atoms with E-state index in [-0.39, 0.29) is 17.7 Å². The van der Waals surface area contributed by atoms with Crippen molar-refractivity contribution < 1.29 is 19.1 Å². The molecule has 42 heavy (non-hydrogen) atoms. The molecular weight excluding hydrogens is 548 g/mol. The molecule has 2 aromatic carbocycles. The molecule has 2 aromatic rings. The first-order valence-corrected chi connectivity index (χ1v) is 15.2. The van der Waals surface area contributed by atoms with Crippen LogP contribution in [0.3, 0.4) is 0 Å². The molecule has 0 aromatic heterocycles. The Morgan fingerprint density at radius 3 is 2.38 bits per heavy atom. The first-order valence-electron chi connectivity index (χ1n) is 14.4. The van der Waals surface area contributed by atoms with Crippen molar-refractivity contribution in [2.45, 2.75) is 64.6 Å². The number of benzene rings is 2. The van der Waals surface area contributed by atoms with Crippen LogP contribution in [0.4, 0.5) is 4.79 Å². The van der Waals surface area contributed by atoms with E-state index in [1.54, 1.807) is 49.6 Å². The van der Waals surface area contributed by atoms with Gasteiger partial charge >= 0.3 is 6.09 Å². The number of fused-ring (bicyclic) bond motifs is 1. The highest BCUT2D eigenvalue weighted by Crippen LogP contribution is 2.44. The maximum absolute atomic E-state index is 13.9. The van der Waals surface area contributed by atoms with Crippen molar-refractivity contribution in [3.63, 3.8) is 0 Å². The normalized spacial score (nSPS) is 20.9. The van der Waals surface area contributed by atoms with Gasteiger partial charge in [-0.25, -0.2) is 4.79 Å². The van der Waals surface area contributed by atoms with Crippen LogP contribution in [0, 0.1) is 5.92 Å². The molecule has 0 bridgehead atoms. The molecule has 0 saturated carbocycles. The lowest BCUT2D eigenvalue weighted by Gasteiger charge is -2.30. The lowest BCUT2D eigenvalue weighted by atomic mass is 10.0. The third kappa shape index (κ3) is 6.90. The molecule has 2 N–H and O–H groups in total. The largest absolute Gasteiger partial charge is 0.444 e. The molecule has 9 heteroatoms. The van der Waals surface area contributed by atoms with Gasteiger partial charge in [0.15, 0.2) is 0 Å². The molecule has 0 aliphatic carbocycles. The first-order chi connectivity index (χ1) is 20.1. The number of rotatable bonds is 6. The molecule has 2 unspecified atom stereocenters. The average molecular weight is 587 g/mol. The van der Waals surface area contributed by atoms with Gasteiger partial charge in [0.05, 0.1) is 5.03 Å². The van der Waals surface area contributed by atoms with Gasteiger partial charge in [0.2, 0.25) is 5.91 Å². The molecule has 3 amide bonds. The van der Waals surface area contributed by atoms with E-state index in [2.05, 4.69) is 46.9 Å². The van der Waals surface area contributed by atoms with Gasteiger partial charge in [-0.05, 0) is 51.2 Å². The maximum atomic E-state index is 13.9. The van der Waals surface area contributed by atoms with Crippen LogP contribution in [-0.4, -0.2) is 45.9 Å². The number of thioether (sulfide) groups is 1. The van der Waals surface area contributed by atoms with E-state index in [0.29, 0.717) is 24.9 Å². The number of hydrogen-bond acceptors (Lipinski definition) is 6. The molecule has 3 aliphatic heterocycles. The van der Waals surface area contributed by atoms with Crippen LogP contribution < -0.4 is 10.6 Å². The molecule has 3 atom stereocenters. The number of ether oxygens (including phenoxy) is 1. The fourth-order valence-electron chi connectivity index (χ4n) is 5.26. The van der Waals surface area contributed by atoms with Gasteiger partial charge in [0.25, 0.3) is 5.91 Å². The van der Waals surface area contributed by atoms with Gasteiger partial charge in [-0.3, -0.25) is 9.59 Å². The van der Waals surface area contributed by atoms with E-state index in [4.69, 9.17) is 4.74 Å². The van der Waals surface area contributed by atoms with E-state index in [9.17, 15) is 14.4 Å². The van der Waals surface area contributed by atoms with Crippen LogP contribution in [0.25, 0.3) is 4.91 Å². The van der Waals surface area contributed by atoms with E-state index in [0.717, 1.165) is 27.6 Å². The van der Waals surface area contributed by atoms with Gasteiger partial charge < -0.3 is 25.2 Å². The second-order valence-corrected chi connectivity index (χ2v) is 12.9. The molecule has 220 valence electrons. The smallest absolute Gasteiger partial charge is 0.408 e. The second kappa shape index (κ2) is 12.5. The summed E-state index contributed by atoms with van der Waals surface area (Å²) in [4.78, 5) is 45.2. The molecular formula is C33H38N4O4S. The van der Waals surface area contributed by atoms with E-state index >= 15 is 0 Å². The number of amides is 3. The number of hydrogen-bond donors (Lipinski definition) is 2. The topological polar surface area (TPSA) is 91.0 Å². The van der Waals surface area contributed by atoms with E-state index < -0.39 is 23.8 Å². The molecule has 0 spiro atoms. The zero-order valence-electron chi connectivity index (χ0n) is 24.5. The van der Waals surface area contributed by atoms with Gasteiger partial charge in [0.1, 0.15) is 17.7 Å². The van der Waals surface area contributed by atoms with Gasteiger partial charge in [-0.15, -0.1) is 0 Å². The van der Waals surface area contributed by atoms with Crippen LogP contribution in [0.15, 0.2) is 89.9 Å². The highest BCUT2D eigenvalue weighted by molar-refractivity contribution is 8.12. The summed E-state index contributed by atoms with van der Waals surface area (Å²) in [5.74, 6) is -0.453. The molecule has 1 saturated heterocycles. The van der Waals surface area contributed by atoms with Crippen LogP contribution in [-0.2, 0) is 14.3 Å². The number of nitrogens with zero attached hydrogens (tertiary/aromatic N) is 2. The van der Waals surface area contributed by atoms with Crippen molar-refractivity contribution >= 4 is 34.6 Å². The molecule has 3 heterocycles. The summed E-state index contributed by atoms with van der Waals surface area (Å²) in [6, 6.07) is 17.7. The second-order valence-electron chi connectivity index (χ2n) is 11.8. The highest BCUT2D eigenvalue weighted by Gasteiger charge is 2.39. The summed E-state index contributed by atoms with van der Waals surface area (Å²) in [5.41, 5.74) is 1.87. The Bertz CT molecular complexity index is 1410. The Kier molecular flexibility index (Phi) is 8.77. The highest BCUT2D eigenvalue weighted by atomic mass is 32.2. The number of allylic oxidation sites excluding steroid dienone is 2. The minimum atomic E-state index is -0.972. The summed E-state index contributed by atoms with van der Waals surface area (Å²) in [5, 5.41) is 7.02. The Balaban J connectivity index is 1.33. The van der Waals surface area contributed by atoms with Crippen molar-refractivity contribution in [1.29, 1.82) is 0 Å². The lowest BCUT2D eigenvalue weighted by molar-refractivity contribution is -0.140.